The molecule has 0 unspecified atom stereocenters. The Balaban J connectivity index is 1.78. The van der Waals surface area contributed by atoms with E-state index in [1.165, 1.54) is 18.2 Å². The predicted octanol–water partition coefficient (Wildman–Crippen LogP) is 2.11. The summed E-state index contributed by atoms with van der Waals surface area (Å²) in [6, 6.07) is 5.65. The van der Waals surface area contributed by atoms with Gasteiger partial charge in [-0.2, -0.15) is 0 Å². The molecule has 2 rings (SSSR count). The standard InChI is InChI=1S/C18H21FN4O3S/c1-2-8-20-15(24)7-9-21-16(25)10-12-11-27-18(22-12)23-17(26)13-5-3-4-6-14(13)19/h3-6,11H,2,7-10H2,1H3,(H,20,24)(H,21,25)(H,22,23,26). The highest BCUT2D eigenvalue weighted by atomic mass is 32.1. The van der Waals surface area contributed by atoms with Crippen LogP contribution in [0.25, 0.3) is 0 Å². The zero-order chi connectivity index (χ0) is 19.6. The molecule has 1 aromatic carbocycles. The topological polar surface area (TPSA) is 100 Å². The van der Waals surface area contributed by atoms with E-state index >= 15 is 0 Å². The fraction of sp³-hybridized carbons (Fsp3) is 0.333. The number of rotatable bonds is 9. The van der Waals surface area contributed by atoms with Gasteiger partial charge in [0.05, 0.1) is 17.7 Å². The molecule has 3 N–H and O–H groups in total. The number of halogens is 1. The van der Waals surface area contributed by atoms with Crippen LogP contribution in [0.5, 0.6) is 0 Å². The summed E-state index contributed by atoms with van der Waals surface area (Å²) in [6.07, 6.45) is 1.10. The Morgan fingerprint density at radius 1 is 1.11 bits per heavy atom. The minimum Gasteiger partial charge on any atom is -0.356 e. The molecule has 0 atom stereocenters. The lowest BCUT2D eigenvalue weighted by Gasteiger charge is -2.05. The van der Waals surface area contributed by atoms with Crippen LogP contribution in [0, 0.1) is 5.82 Å². The number of anilines is 1. The highest BCUT2D eigenvalue weighted by molar-refractivity contribution is 7.14. The van der Waals surface area contributed by atoms with Gasteiger partial charge in [0, 0.05) is 24.9 Å². The molecule has 0 aliphatic heterocycles. The van der Waals surface area contributed by atoms with Crippen LogP contribution < -0.4 is 16.0 Å². The van der Waals surface area contributed by atoms with Crippen LogP contribution in [-0.4, -0.2) is 35.8 Å². The Bertz CT molecular complexity index is 809. The smallest absolute Gasteiger partial charge is 0.260 e. The summed E-state index contributed by atoms with van der Waals surface area (Å²) >= 11 is 1.15. The summed E-state index contributed by atoms with van der Waals surface area (Å²) < 4.78 is 13.6. The van der Waals surface area contributed by atoms with Crippen molar-refractivity contribution >= 4 is 34.2 Å². The third kappa shape index (κ3) is 6.78. The fourth-order valence-electron chi connectivity index (χ4n) is 2.15. The maximum atomic E-state index is 13.6. The van der Waals surface area contributed by atoms with Gasteiger partial charge in [-0.1, -0.05) is 19.1 Å². The van der Waals surface area contributed by atoms with Gasteiger partial charge in [0.2, 0.25) is 11.8 Å². The van der Waals surface area contributed by atoms with Gasteiger partial charge in [0.25, 0.3) is 5.91 Å². The molecule has 3 amide bonds. The lowest BCUT2D eigenvalue weighted by atomic mass is 10.2. The van der Waals surface area contributed by atoms with E-state index in [2.05, 4.69) is 20.9 Å². The zero-order valence-electron chi connectivity index (χ0n) is 14.9. The second-order valence-electron chi connectivity index (χ2n) is 5.70. The van der Waals surface area contributed by atoms with Gasteiger partial charge in [0.1, 0.15) is 5.82 Å². The Labute approximate surface area is 160 Å². The molecule has 1 aromatic heterocycles. The lowest BCUT2D eigenvalue weighted by Crippen LogP contribution is -2.31. The number of carbonyl (C=O) groups is 3. The van der Waals surface area contributed by atoms with Gasteiger partial charge < -0.3 is 10.6 Å². The molecule has 0 radical (unpaired) electrons. The van der Waals surface area contributed by atoms with Gasteiger partial charge in [-0.15, -0.1) is 11.3 Å². The van der Waals surface area contributed by atoms with Crippen LogP contribution in [0.2, 0.25) is 0 Å². The van der Waals surface area contributed by atoms with Gasteiger partial charge in [-0.25, -0.2) is 9.37 Å². The molecule has 9 heteroatoms. The molecular formula is C18H21FN4O3S. The van der Waals surface area contributed by atoms with E-state index in [4.69, 9.17) is 0 Å². The molecule has 0 spiro atoms. The van der Waals surface area contributed by atoms with Gasteiger partial charge in [0.15, 0.2) is 5.13 Å². The van der Waals surface area contributed by atoms with Crippen molar-refractivity contribution in [1.82, 2.24) is 15.6 Å². The first-order valence-corrected chi connectivity index (χ1v) is 9.41. The summed E-state index contributed by atoms with van der Waals surface area (Å²) in [5.74, 6) is -1.59. The molecule has 0 aliphatic rings. The van der Waals surface area contributed by atoms with E-state index in [9.17, 15) is 18.8 Å². The first-order chi connectivity index (χ1) is 13.0. The third-order valence-corrected chi connectivity index (χ3v) is 4.29. The first kappa shape index (κ1) is 20.5. The Hall–Kier alpha value is -2.81. The van der Waals surface area contributed by atoms with Crippen molar-refractivity contribution in [3.63, 3.8) is 0 Å². The van der Waals surface area contributed by atoms with E-state index in [1.807, 2.05) is 6.92 Å². The predicted molar refractivity (Wildman–Crippen MR) is 101 cm³/mol. The number of nitrogens with one attached hydrogen (secondary N) is 3. The van der Waals surface area contributed by atoms with Crippen LogP contribution in [0.15, 0.2) is 29.6 Å². The molecule has 1 heterocycles. The molecule has 0 fully saturated rings. The number of amides is 3. The molecule has 0 saturated carbocycles. The highest BCUT2D eigenvalue weighted by Gasteiger charge is 2.14. The second-order valence-corrected chi connectivity index (χ2v) is 6.56. The summed E-state index contributed by atoms with van der Waals surface area (Å²) in [5.41, 5.74) is 0.408. The van der Waals surface area contributed by atoms with E-state index in [-0.39, 0.29) is 41.9 Å². The molecular weight excluding hydrogens is 371 g/mol. The zero-order valence-corrected chi connectivity index (χ0v) is 15.7. The quantitative estimate of drug-likeness (QED) is 0.608. The van der Waals surface area contributed by atoms with Crippen molar-refractivity contribution in [2.75, 3.05) is 18.4 Å². The Kier molecular flexibility index (Phi) is 7.87. The van der Waals surface area contributed by atoms with Crippen molar-refractivity contribution < 1.29 is 18.8 Å². The van der Waals surface area contributed by atoms with Crippen molar-refractivity contribution in [2.24, 2.45) is 0 Å². The normalized spacial score (nSPS) is 10.3. The van der Waals surface area contributed by atoms with Crippen molar-refractivity contribution in [3.05, 3.63) is 46.7 Å². The lowest BCUT2D eigenvalue weighted by molar-refractivity contribution is -0.122. The number of aromatic nitrogens is 1. The average Bonchev–Trinajstić information content (AvgIpc) is 3.06. The van der Waals surface area contributed by atoms with Gasteiger partial charge in [-0.3, -0.25) is 19.7 Å². The number of hydrogen-bond donors (Lipinski definition) is 3. The van der Waals surface area contributed by atoms with E-state index in [1.54, 1.807) is 11.4 Å². The molecule has 0 aliphatic carbocycles. The van der Waals surface area contributed by atoms with E-state index in [0.29, 0.717) is 12.2 Å². The number of nitrogens with zero attached hydrogens (tertiary/aromatic N) is 1. The summed E-state index contributed by atoms with van der Waals surface area (Å²) in [5, 5.41) is 9.82. The maximum Gasteiger partial charge on any atom is 0.260 e. The minimum absolute atomic E-state index is 0.0304. The minimum atomic E-state index is -0.617. The molecule has 144 valence electrons. The maximum absolute atomic E-state index is 13.6. The summed E-state index contributed by atoms with van der Waals surface area (Å²) in [6.45, 7) is 2.82. The molecule has 27 heavy (non-hydrogen) atoms. The first-order valence-electron chi connectivity index (χ1n) is 8.53. The largest absolute Gasteiger partial charge is 0.356 e. The van der Waals surface area contributed by atoms with Crippen molar-refractivity contribution in [3.8, 4) is 0 Å². The van der Waals surface area contributed by atoms with Crippen LogP contribution in [0.1, 0.15) is 35.8 Å². The molecule has 7 nitrogen and oxygen atoms in total. The fourth-order valence-corrected chi connectivity index (χ4v) is 2.86. The molecule has 2 aromatic rings. The molecule has 0 bridgehead atoms. The highest BCUT2D eigenvalue weighted by Crippen LogP contribution is 2.17. The van der Waals surface area contributed by atoms with E-state index in [0.717, 1.165) is 17.8 Å². The van der Waals surface area contributed by atoms with Crippen LogP contribution >= 0.6 is 11.3 Å². The van der Waals surface area contributed by atoms with Crippen LogP contribution in [0.3, 0.4) is 0 Å². The third-order valence-electron chi connectivity index (χ3n) is 3.48. The summed E-state index contributed by atoms with van der Waals surface area (Å²) in [7, 11) is 0. The van der Waals surface area contributed by atoms with Crippen LogP contribution in [-0.2, 0) is 16.0 Å². The number of hydrogen-bond acceptors (Lipinski definition) is 5. The number of carbonyl (C=O) groups excluding carboxylic acids is 3. The number of benzene rings is 1. The van der Waals surface area contributed by atoms with Crippen molar-refractivity contribution in [1.29, 1.82) is 0 Å². The van der Waals surface area contributed by atoms with Gasteiger partial charge in [-0.05, 0) is 18.6 Å². The van der Waals surface area contributed by atoms with Gasteiger partial charge >= 0.3 is 0 Å². The van der Waals surface area contributed by atoms with Crippen LogP contribution in [0.4, 0.5) is 9.52 Å². The molecule has 0 saturated heterocycles. The summed E-state index contributed by atoms with van der Waals surface area (Å²) in [4.78, 5) is 39.5. The van der Waals surface area contributed by atoms with Crippen molar-refractivity contribution in [2.45, 2.75) is 26.2 Å². The average molecular weight is 392 g/mol. The Morgan fingerprint density at radius 3 is 2.59 bits per heavy atom. The van der Waals surface area contributed by atoms with E-state index < -0.39 is 11.7 Å². The number of thiazole rings is 1. The monoisotopic (exact) mass is 392 g/mol. The SMILES string of the molecule is CCCNC(=O)CCNC(=O)Cc1csc(NC(=O)c2ccccc2F)n1. The Morgan fingerprint density at radius 2 is 1.85 bits per heavy atom. The second kappa shape index (κ2) is 10.4.